The highest BCUT2D eigenvalue weighted by Gasteiger charge is 2.56. The van der Waals surface area contributed by atoms with Crippen LogP contribution in [0.25, 0.3) is 0 Å². The van der Waals surface area contributed by atoms with E-state index in [1.165, 1.54) is 6.42 Å². The minimum atomic E-state index is -0.503. The van der Waals surface area contributed by atoms with Crippen molar-refractivity contribution >= 4 is 5.91 Å². The predicted octanol–water partition coefficient (Wildman–Crippen LogP) is 1.02. The van der Waals surface area contributed by atoms with E-state index in [4.69, 9.17) is 0 Å². The van der Waals surface area contributed by atoms with Crippen molar-refractivity contribution in [1.29, 1.82) is 0 Å². The molecule has 1 saturated heterocycles. The minimum absolute atomic E-state index is 0.299. The zero-order chi connectivity index (χ0) is 10.9. The van der Waals surface area contributed by atoms with E-state index in [9.17, 15) is 9.90 Å². The van der Waals surface area contributed by atoms with Crippen LogP contribution in [0.3, 0.4) is 0 Å². The molecule has 0 aromatic heterocycles. The number of hydrogen-bond acceptors (Lipinski definition) is 2. The maximum Gasteiger partial charge on any atom is 0.225 e. The molecule has 1 heterocycles. The van der Waals surface area contributed by atoms with Crippen LogP contribution < -0.4 is 0 Å². The molecule has 0 radical (unpaired) electrons. The Morgan fingerprint density at radius 3 is 2.31 bits per heavy atom. The third-order valence-electron chi connectivity index (χ3n) is 5.17. The Morgan fingerprint density at radius 2 is 1.75 bits per heavy atom. The summed E-state index contributed by atoms with van der Waals surface area (Å²) in [7, 11) is 0. The number of amides is 1. The molecule has 0 aromatic rings. The summed E-state index contributed by atoms with van der Waals surface area (Å²) in [4.78, 5) is 14.0. The number of hydrogen-bond donors (Lipinski definition) is 1. The van der Waals surface area contributed by atoms with Crippen molar-refractivity contribution in [3.8, 4) is 0 Å². The lowest BCUT2D eigenvalue weighted by atomic mass is 9.87. The van der Waals surface area contributed by atoms with E-state index in [0.717, 1.165) is 37.5 Å². The fourth-order valence-electron chi connectivity index (χ4n) is 3.82. The third kappa shape index (κ3) is 1.27. The molecule has 3 saturated carbocycles. The van der Waals surface area contributed by atoms with E-state index >= 15 is 0 Å². The first-order valence-corrected chi connectivity index (χ1v) is 6.67. The molecule has 4 aliphatic rings. The lowest BCUT2D eigenvalue weighted by molar-refractivity contribution is -0.163. The van der Waals surface area contributed by atoms with Gasteiger partial charge in [0.25, 0.3) is 0 Å². The van der Waals surface area contributed by atoms with Gasteiger partial charge in [0, 0.05) is 5.92 Å². The summed E-state index contributed by atoms with van der Waals surface area (Å²) in [5, 5.41) is 10.2. The lowest BCUT2D eigenvalue weighted by Gasteiger charge is -2.48. The lowest BCUT2D eigenvalue weighted by Crippen LogP contribution is -2.65. The molecule has 4 rings (SSSR count). The van der Waals surface area contributed by atoms with Crippen molar-refractivity contribution < 1.29 is 9.90 Å². The summed E-state index contributed by atoms with van der Waals surface area (Å²) in [6.45, 7) is 1.23. The molecule has 2 unspecified atom stereocenters. The Labute approximate surface area is 95.8 Å². The van der Waals surface area contributed by atoms with Crippen LogP contribution in [-0.4, -0.2) is 34.6 Å². The molecular formula is C13H19NO2. The highest BCUT2D eigenvalue weighted by atomic mass is 16.3. The van der Waals surface area contributed by atoms with Crippen molar-refractivity contribution in [2.45, 2.75) is 37.7 Å². The van der Waals surface area contributed by atoms with Crippen LogP contribution in [0.2, 0.25) is 0 Å². The van der Waals surface area contributed by atoms with Crippen molar-refractivity contribution in [3.63, 3.8) is 0 Å². The summed E-state index contributed by atoms with van der Waals surface area (Å²) in [6.07, 6.45) is 5.94. The summed E-state index contributed by atoms with van der Waals surface area (Å²) < 4.78 is 0. The number of carbonyl (C=O) groups is 1. The minimum Gasteiger partial charge on any atom is -0.386 e. The largest absolute Gasteiger partial charge is 0.386 e. The van der Waals surface area contributed by atoms with E-state index in [2.05, 4.69) is 0 Å². The van der Waals surface area contributed by atoms with Crippen LogP contribution in [0.15, 0.2) is 0 Å². The SMILES string of the molecule is O=C(C1CC2CC2C1)N1CC(O)(C2CC2)C1. The molecule has 0 aromatic carbocycles. The van der Waals surface area contributed by atoms with Gasteiger partial charge in [0.1, 0.15) is 5.60 Å². The summed E-state index contributed by atoms with van der Waals surface area (Å²) in [5.41, 5.74) is -0.503. The Morgan fingerprint density at radius 1 is 1.12 bits per heavy atom. The molecule has 16 heavy (non-hydrogen) atoms. The van der Waals surface area contributed by atoms with Gasteiger partial charge in [0.05, 0.1) is 13.1 Å². The average molecular weight is 221 g/mol. The fraction of sp³-hybridized carbons (Fsp3) is 0.923. The van der Waals surface area contributed by atoms with Crippen LogP contribution in [-0.2, 0) is 4.79 Å². The van der Waals surface area contributed by atoms with Gasteiger partial charge in [-0.25, -0.2) is 0 Å². The quantitative estimate of drug-likeness (QED) is 0.756. The molecule has 4 fully saturated rings. The third-order valence-corrected chi connectivity index (χ3v) is 5.17. The summed E-state index contributed by atoms with van der Waals surface area (Å²) in [5.74, 6) is 2.87. The van der Waals surface area contributed by atoms with Crippen LogP contribution >= 0.6 is 0 Å². The zero-order valence-corrected chi connectivity index (χ0v) is 9.56. The molecular weight excluding hydrogens is 202 g/mol. The average Bonchev–Trinajstić information content (AvgIpc) is 3.13. The van der Waals surface area contributed by atoms with Crippen molar-refractivity contribution in [3.05, 3.63) is 0 Å². The standard InChI is InChI=1S/C13H19NO2/c15-12(10-4-8-3-9(8)5-10)14-6-13(16,7-14)11-1-2-11/h8-11,16H,1-7H2. The van der Waals surface area contributed by atoms with E-state index < -0.39 is 5.60 Å². The highest BCUT2D eigenvalue weighted by molar-refractivity contribution is 5.80. The number of nitrogens with zero attached hydrogens (tertiary/aromatic N) is 1. The van der Waals surface area contributed by atoms with Gasteiger partial charge in [-0.1, -0.05) is 0 Å². The maximum atomic E-state index is 12.1. The summed E-state index contributed by atoms with van der Waals surface area (Å²) >= 11 is 0. The van der Waals surface area contributed by atoms with Crippen molar-refractivity contribution in [2.75, 3.05) is 13.1 Å². The Balaban J connectivity index is 1.36. The second kappa shape index (κ2) is 2.81. The molecule has 1 amide bonds. The maximum absolute atomic E-state index is 12.1. The number of β-amino-alcohol motifs (C(OH)–C–C–N with tert-alkyl or cyclic N) is 1. The van der Waals surface area contributed by atoms with Gasteiger partial charge in [-0.15, -0.1) is 0 Å². The highest BCUT2D eigenvalue weighted by Crippen LogP contribution is 2.55. The van der Waals surface area contributed by atoms with Gasteiger partial charge in [-0.3, -0.25) is 4.79 Å². The first kappa shape index (κ1) is 9.46. The molecule has 0 spiro atoms. The molecule has 3 nitrogen and oxygen atoms in total. The monoisotopic (exact) mass is 221 g/mol. The second-order valence-corrected chi connectivity index (χ2v) is 6.50. The van der Waals surface area contributed by atoms with E-state index in [0.29, 0.717) is 30.8 Å². The van der Waals surface area contributed by atoms with Crippen molar-refractivity contribution in [1.82, 2.24) is 4.90 Å². The summed E-state index contributed by atoms with van der Waals surface area (Å²) in [6, 6.07) is 0. The normalized spacial score (nSPS) is 43.8. The molecule has 1 aliphatic heterocycles. The van der Waals surface area contributed by atoms with Gasteiger partial charge < -0.3 is 10.0 Å². The number of fused-ring (bicyclic) bond motifs is 1. The van der Waals surface area contributed by atoms with Crippen LogP contribution in [0.4, 0.5) is 0 Å². The second-order valence-electron chi connectivity index (χ2n) is 6.50. The number of likely N-dealkylation sites (tertiary alicyclic amines) is 1. The molecule has 0 bridgehead atoms. The van der Waals surface area contributed by atoms with Crippen LogP contribution in [0.1, 0.15) is 32.1 Å². The Kier molecular flexibility index (Phi) is 1.66. The van der Waals surface area contributed by atoms with E-state index in [1.54, 1.807) is 0 Å². The topological polar surface area (TPSA) is 40.5 Å². The van der Waals surface area contributed by atoms with Crippen LogP contribution in [0, 0.1) is 23.7 Å². The first-order chi connectivity index (χ1) is 7.66. The molecule has 88 valence electrons. The number of aliphatic hydroxyl groups is 1. The fourth-order valence-corrected chi connectivity index (χ4v) is 3.82. The van der Waals surface area contributed by atoms with Crippen LogP contribution in [0.5, 0.6) is 0 Å². The van der Waals surface area contributed by atoms with Gasteiger partial charge in [0.15, 0.2) is 0 Å². The van der Waals surface area contributed by atoms with Gasteiger partial charge in [-0.2, -0.15) is 0 Å². The zero-order valence-electron chi connectivity index (χ0n) is 9.56. The molecule has 1 N–H and O–H groups in total. The molecule has 3 heteroatoms. The van der Waals surface area contributed by atoms with Gasteiger partial charge >= 0.3 is 0 Å². The first-order valence-electron chi connectivity index (χ1n) is 6.67. The van der Waals surface area contributed by atoms with E-state index in [-0.39, 0.29) is 0 Å². The van der Waals surface area contributed by atoms with Gasteiger partial charge in [0.2, 0.25) is 5.91 Å². The van der Waals surface area contributed by atoms with Gasteiger partial charge in [-0.05, 0) is 49.9 Å². The van der Waals surface area contributed by atoms with E-state index in [1.807, 2.05) is 4.90 Å². The Hall–Kier alpha value is -0.570. The van der Waals surface area contributed by atoms with Crippen molar-refractivity contribution in [2.24, 2.45) is 23.7 Å². The predicted molar refractivity (Wildman–Crippen MR) is 58.6 cm³/mol. The number of rotatable bonds is 2. The number of carbonyl (C=O) groups excluding carboxylic acids is 1. The molecule has 2 atom stereocenters. The smallest absolute Gasteiger partial charge is 0.225 e. The Bertz CT molecular complexity index is 334. The molecule has 3 aliphatic carbocycles.